The molecule has 0 saturated heterocycles. The summed E-state index contributed by atoms with van der Waals surface area (Å²) in [6.07, 6.45) is -0.911. The fourth-order valence-corrected chi connectivity index (χ4v) is 4.03. The van der Waals surface area contributed by atoms with E-state index in [0.29, 0.717) is 10.7 Å². The van der Waals surface area contributed by atoms with E-state index in [9.17, 15) is 9.59 Å². The van der Waals surface area contributed by atoms with Gasteiger partial charge in [-0.05, 0) is 26.8 Å². The second-order valence-electron chi connectivity index (χ2n) is 5.77. The number of hydrogen-bond donors (Lipinski definition) is 1. The summed E-state index contributed by atoms with van der Waals surface area (Å²) in [5.41, 5.74) is 2.28. The summed E-state index contributed by atoms with van der Waals surface area (Å²) in [5, 5.41) is 5.05. The maximum atomic E-state index is 12.3. The van der Waals surface area contributed by atoms with E-state index in [1.165, 1.54) is 22.7 Å². The topological polar surface area (TPSA) is 68.3 Å². The average Bonchev–Trinajstić information content (AvgIpc) is 3.21. The zero-order chi connectivity index (χ0) is 18.7. The van der Waals surface area contributed by atoms with E-state index < -0.39 is 18.0 Å². The maximum absolute atomic E-state index is 12.3. The lowest BCUT2D eigenvalue weighted by molar-refractivity contribution is -0.123. The molecule has 0 saturated carbocycles. The van der Waals surface area contributed by atoms with Crippen LogP contribution in [0.5, 0.6) is 0 Å². The summed E-state index contributed by atoms with van der Waals surface area (Å²) in [7, 11) is 0. The zero-order valence-electron chi connectivity index (χ0n) is 14.6. The van der Waals surface area contributed by atoms with Crippen LogP contribution in [0.2, 0.25) is 0 Å². The van der Waals surface area contributed by atoms with Crippen molar-refractivity contribution >= 4 is 39.7 Å². The van der Waals surface area contributed by atoms with Gasteiger partial charge in [0.2, 0.25) is 0 Å². The number of ether oxygens (including phenoxy) is 1. The Hall–Kier alpha value is -2.51. The number of carbonyl (C=O) groups is 2. The van der Waals surface area contributed by atoms with E-state index in [0.717, 1.165) is 21.0 Å². The normalized spacial score (nSPS) is 11.8. The lowest BCUT2D eigenvalue weighted by Crippen LogP contribution is -2.30. The third kappa shape index (κ3) is 4.17. The summed E-state index contributed by atoms with van der Waals surface area (Å²) in [6, 6.07) is 11.5. The molecule has 1 aromatic carbocycles. The van der Waals surface area contributed by atoms with Gasteiger partial charge in [-0.25, -0.2) is 9.78 Å². The van der Waals surface area contributed by atoms with Gasteiger partial charge in [0, 0.05) is 20.7 Å². The molecule has 0 bridgehead atoms. The summed E-state index contributed by atoms with van der Waals surface area (Å²) in [6.45, 7) is 5.34. The van der Waals surface area contributed by atoms with Crippen molar-refractivity contribution in [3.8, 4) is 11.3 Å². The summed E-state index contributed by atoms with van der Waals surface area (Å²) in [4.78, 5) is 30.8. The highest BCUT2D eigenvalue weighted by molar-refractivity contribution is 7.14. The van der Waals surface area contributed by atoms with Crippen molar-refractivity contribution in [1.29, 1.82) is 0 Å². The van der Waals surface area contributed by atoms with Crippen LogP contribution in [-0.4, -0.2) is 23.0 Å². The Morgan fingerprint density at radius 3 is 2.58 bits per heavy atom. The molecule has 0 radical (unpaired) electrons. The number of amides is 1. The van der Waals surface area contributed by atoms with Crippen LogP contribution >= 0.6 is 22.7 Å². The SMILES string of the molecule is Cc1cc(C(=O)O[C@@H](C)C(=O)Nc2nc(-c3ccccc3)cs2)c(C)s1. The fourth-order valence-electron chi connectivity index (χ4n) is 2.39. The van der Waals surface area contributed by atoms with Gasteiger partial charge in [0.15, 0.2) is 11.2 Å². The summed E-state index contributed by atoms with van der Waals surface area (Å²) in [5.74, 6) is -0.893. The number of nitrogens with one attached hydrogen (secondary N) is 1. The van der Waals surface area contributed by atoms with Gasteiger partial charge in [0.25, 0.3) is 5.91 Å². The van der Waals surface area contributed by atoms with E-state index in [1.54, 1.807) is 13.0 Å². The standard InChI is InChI=1S/C19H18N2O3S2/c1-11-9-15(13(3)26-11)18(23)24-12(2)17(22)21-19-20-16(10-25-19)14-7-5-4-6-8-14/h4-10,12H,1-3H3,(H,20,21,22)/t12-/m0/s1. The molecular weight excluding hydrogens is 368 g/mol. The first kappa shape index (κ1) is 18.3. The minimum atomic E-state index is -0.911. The van der Waals surface area contributed by atoms with Crippen LogP contribution < -0.4 is 5.32 Å². The average molecular weight is 386 g/mol. The quantitative estimate of drug-likeness (QED) is 0.647. The maximum Gasteiger partial charge on any atom is 0.340 e. The molecule has 2 aromatic heterocycles. The van der Waals surface area contributed by atoms with Gasteiger partial charge in [-0.15, -0.1) is 22.7 Å². The summed E-state index contributed by atoms with van der Waals surface area (Å²) < 4.78 is 5.29. The predicted octanol–water partition coefficient (Wildman–Crippen LogP) is 4.67. The van der Waals surface area contributed by atoms with Gasteiger partial charge >= 0.3 is 5.97 Å². The highest BCUT2D eigenvalue weighted by Gasteiger charge is 2.22. The van der Waals surface area contributed by atoms with Crippen LogP contribution in [-0.2, 0) is 9.53 Å². The number of carbonyl (C=O) groups excluding carboxylic acids is 2. The third-order valence-corrected chi connectivity index (χ3v) is 5.44. The number of aromatic nitrogens is 1. The molecule has 0 spiro atoms. The number of rotatable bonds is 5. The van der Waals surface area contributed by atoms with E-state index in [1.807, 2.05) is 49.6 Å². The molecule has 7 heteroatoms. The van der Waals surface area contributed by atoms with E-state index >= 15 is 0 Å². The minimum Gasteiger partial charge on any atom is -0.449 e. The molecule has 2 heterocycles. The molecule has 134 valence electrons. The number of thiophene rings is 1. The largest absolute Gasteiger partial charge is 0.449 e. The minimum absolute atomic E-state index is 0.406. The Morgan fingerprint density at radius 1 is 1.19 bits per heavy atom. The number of hydrogen-bond acceptors (Lipinski definition) is 6. The van der Waals surface area contributed by atoms with Crippen LogP contribution in [0.15, 0.2) is 41.8 Å². The lowest BCUT2D eigenvalue weighted by Gasteiger charge is -2.12. The Bertz CT molecular complexity index is 931. The molecule has 5 nitrogen and oxygen atoms in total. The molecule has 0 unspecified atom stereocenters. The second kappa shape index (κ2) is 7.80. The van der Waals surface area contributed by atoms with Crippen LogP contribution in [0.1, 0.15) is 27.0 Å². The van der Waals surface area contributed by atoms with Crippen LogP contribution in [0.3, 0.4) is 0 Å². The Morgan fingerprint density at radius 2 is 1.92 bits per heavy atom. The number of esters is 1. The predicted molar refractivity (Wildman–Crippen MR) is 105 cm³/mol. The highest BCUT2D eigenvalue weighted by atomic mass is 32.1. The number of thiazole rings is 1. The van der Waals surface area contributed by atoms with Crippen LogP contribution in [0.25, 0.3) is 11.3 Å². The molecule has 0 aliphatic rings. The second-order valence-corrected chi connectivity index (χ2v) is 8.09. The lowest BCUT2D eigenvalue weighted by atomic mass is 10.2. The molecule has 3 aromatic rings. The van der Waals surface area contributed by atoms with Crippen molar-refractivity contribution in [2.75, 3.05) is 5.32 Å². The van der Waals surface area contributed by atoms with Gasteiger partial charge in [-0.1, -0.05) is 30.3 Å². The molecule has 3 rings (SSSR count). The molecule has 0 fully saturated rings. The highest BCUT2D eigenvalue weighted by Crippen LogP contribution is 2.25. The smallest absolute Gasteiger partial charge is 0.340 e. The number of benzene rings is 1. The van der Waals surface area contributed by atoms with E-state index in [2.05, 4.69) is 10.3 Å². The first-order chi connectivity index (χ1) is 12.4. The first-order valence-corrected chi connectivity index (χ1v) is 9.73. The molecule has 1 amide bonds. The Labute approximate surface area is 159 Å². The fraction of sp³-hybridized carbons (Fsp3) is 0.211. The van der Waals surface area contributed by atoms with Crippen LogP contribution in [0, 0.1) is 13.8 Å². The molecular formula is C19H18N2O3S2. The van der Waals surface area contributed by atoms with Gasteiger partial charge in [0.1, 0.15) is 0 Å². The number of aryl methyl sites for hydroxylation is 2. The van der Waals surface area contributed by atoms with E-state index in [-0.39, 0.29) is 0 Å². The Balaban J connectivity index is 1.62. The molecule has 1 N–H and O–H groups in total. The molecule has 0 aliphatic heterocycles. The third-order valence-electron chi connectivity index (χ3n) is 3.72. The Kier molecular flexibility index (Phi) is 5.49. The van der Waals surface area contributed by atoms with Crippen LogP contribution in [0.4, 0.5) is 5.13 Å². The van der Waals surface area contributed by atoms with Crippen molar-refractivity contribution in [2.24, 2.45) is 0 Å². The monoisotopic (exact) mass is 386 g/mol. The van der Waals surface area contributed by atoms with Gasteiger partial charge in [-0.2, -0.15) is 0 Å². The van der Waals surface area contributed by atoms with Crippen molar-refractivity contribution < 1.29 is 14.3 Å². The van der Waals surface area contributed by atoms with Crippen molar-refractivity contribution in [3.63, 3.8) is 0 Å². The van der Waals surface area contributed by atoms with Crippen molar-refractivity contribution in [1.82, 2.24) is 4.98 Å². The first-order valence-electron chi connectivity index (χ1n) is 8.04. The van der Waals surface area contributed by atoms with Crippen molar-refractivity contribution in [3.05, 3.63) is 57.1 Å². The van der Waals surface area contributed by atoms with E-state index in [4.69, 9.17) is 4.74 Å². The zero-order valence-corrected chi connectivity index (χ0v) is 16.2. The van der Waals surface area contributed by atoms with Gasteiger partial charge in [0.05, 0.1) is 11.3 Å². The molecule has 0 aliphatic carbocycles. The van der Waals surface area contributed by atoms with Gasteiger partial charge in [-0.3, -0.25) is 10.1 Å². The molecule has 26 heavy (non-hydrogen) atoms. The van der Waals surface area contributed by atoms with Gasteiger partial charge < -0.3 is 4.74 Å². The summed E-state index contributed by atoms with van der Waals surface area (Å²) >= 11 is 2.86. The van der Waals surface area contributed by atoms with Crippen molar-refractivity contribution in [2.45, 2.75) is 26.9 Å². The number of anilines is 1. The molecule has 1 atom stereocenters. The number of nitrogens with zero attached hydrogens (tertiary/aromatic N) is 1.